The number of benzene rings is 2. The summed E-state index contributed by atoms with van der Waals surface area (Å²) in [6.45, 7) is 3.20. The van der Waals surface area contributed by atoms with Crippen LogP contribution in [0, 0.1) is 11.6 Å². The number of nitrogens with one attached hydrogen (secondary N) is 1. The molecule has 0 heterocycles. The Morgan fingerprint density at radius 3 is 2.24 bits per heavy atom. The normalized spacial score (nSPS) is 10.4. The number of hydrogen-bond donors (Lipinski definition) is 1. The highest BCUT2D eigenvalue weighted by molar-refractivity contribution is 5.96. The Labute approximate surface area is 143 Å². The van der Waals surface area contributed by atoms with E-state index in [0.717, 1.165) is 12.1 Å². The summed E-state index contributed by atoms with van der Waals surface area (Å²) >= 11 is 0. The van der Waals surface area contributed by atoms with Gasteiger partial charge in [-0.25, -0.2) is 8.78 Å². The Bertz CT molecular complexity index is 760. The highest BCUT2D eigenvalue weighted by Gasteiger charge is 2.10. The second kappa shape index (κ2) is 8.23. The second-order valence-corrected chi connectivity index (χ2v) is 5.42. The van der Waals surface area contributed by atoms with E-state index in [4.69, 9.17) is 9.47 Å². The molecule has 0 radical (unpaired) electrons. The molecular formula is C18H17F2NO4. The summed E-state index contributed by atoms with van der Waals surface area (Å²) in [6, 6.07) is 9.15. The average Bonchev–Trinajstić information content (AvgIpc) is 2.56. The van der Waals surface area contributed by atoms with Crippen LogP contribution >= 0.6 is 0 Å². The van der Waals surface area contributed by atoms with Crippen molar-refractivity contribution in [3.05, 3.63) is 59.7 Å². The van der Waals surface area contributed by atoms with Crippen LogP contribution in [0.15, 0.2) is 42.5 Å². The fraction of sp³-hybridized carbons (Fsp3) is 0.222. The van der Waals surface area contributed by atoms with Crippen LogP contribution in [0.3, 0.4) is 0 Å². The van der Waals surface area contributed by atoms with E-state index in [9.17, 15) is 18.4 Å². The van der Waals surface area contributed by atoms with Gasteiger partial charge in [0, 0.05) is 11.6 Å². The first-order chi connectivity index (χ1) is 11.8. The predicted octanol–water partition coefficient (Wildman–Crippen LogP) is 3.44. The van der Waals surface area contributed by atoms with E-state index in [-0.39, 0.29) is 18.4 Å². The SMILES string of the molecule is CC(C)OC(=O)CNC(=O)c1ccc(Oc2ccc(F)c(F)c2)cc1. The molecule has 2 aromatic rings. The molecule has 7 heteroatoms. The van der Waals surface area contributed by atoms with Gasteiger partial charge >= 0.3 is 5.97 Å². The van der Waals surface area contributed by atoms with Gasteiger partial charge in [0.05, 0.1) is 6.10 Å². The van der Waals surface area contributed by atoms with Crippen LogP contribution in [-0.2, 0) is 9.53 Å². The Hall–Kier alpha value is -2.96. The standard InChI is InChI=1S/C18H17F2NO4/c1-11(2)24-17(22)10-21-18(23)12-3-5-13(6-4-12)25-14-7-8-15(19)16(20)9-14/h3-9,11H,10H2,1-2H3,(H,21,23). The molecule has 5 nitrogen and oxygen atoms in total. The largest absolute Gasteiger partial charge is 0.462 e. The van der Waals surface area contributed by atoms with Gasteiger partial charge in [0.15, 0.2) is 11.6 Å². The lowest BCUT2D eigenvalue weighted by atomic mass is 10.2. The first-order valence-corrected chi connectivity index (χ1v) is 7.56. The first kappa shape index (κ1) is 18.4. The Kier molecular flexibility index (Phi) is 6.05. The van der Waals surface area contributed by atoms with Gasteiger partial charge in [-0.2, -0.15) is 0 Å². The number of esters is 1. The molecule has 2 rings (SSSR count). The summed E-state index contributed by atoms with van der Waals surface area (Å²) in [5.41, 5.74) is 0.315. The van der Waals surface area contributed by atoms with Gasteiger partial charge in [-0.1, -0.05) is 0 Å². The van der Waals surface area contributed by atoms with Crippen LogP contribution in [0.2, 0.25) is 0 Å². The monoisotopic (exact) mass is 349 g/mol. The first-order valence-electron chi connectivity index (χ1n) is 7.56. The van der Waals surface area contributed by atoms with Crippen LogP contribution in [-0.4, -0.2) is 24.5 Å². The van der Waals surface area contributed by atoms with E-state index in [0.29, 0.717) is 11.3 Å². The van der Waals surface area contributed by atoms with Crippen molar-refractivity contribution in [2.24, 2.45) is 0 Å². The highest BCUT2D eigenvalue weighted by atomic mass is 19.2. The smallest absolute Gasteiger partial charge is 0.325 e. The van der Waals surface area contributed by atoms with Gasteiger partial charge < -0.3 is 14.8 Å². The number of hydrogen-bond acceptors (Lipinski definition) is 4. The maximum absolute atomic E-state index is 13.1. The van der Waals surface area contributed by atoms with E-state index < -0.39 is 23.5 Å². The molecule has 0 fully saturated rings. The van der Waals surface area contributed by atoms with E-state index in [1.165, 1.54) is 30.3 Å². The number of carbonyl (C=O) groups excluding carboxylic acids is 2. The lowest BCUT2D eigenvalue weighted by Crippen LogP contribution is -2.31. The Morgan fingerprint density at radius 1 is 1.00 bits per heavy atom. The topological polar surface area (TPSA) is 64.6 Å². The van der Waals surface area contributed by atoms with E-state index in [2.05, 4.69) is 5.32 Å². The van der Waals surface area contributed by atoms with Crippen LogP contribution < -0.4 is 10.1 Å². The molecule has 132 valence electrons. The lowest BCUT2D eigenvalue weighted by Gasteiger charge is -2.09. The third-order valence-corrected chi connectivity index (χ3v) is 3.00. The molecule has 1 N–H and O–H groups in total. The molecule has 0 unspecified atom stereocenters. The molecule has 1 amide bonds. The van der Waals surface area contributed by atoms with Crippen molar-refractivity contribution in [3.63, 3.8) is 0 Å². The third-order valence-electron chi connectivity index (χ3n) is 3.00. The molecule has 0 bridgehead atoms. The van der Waals surface area contributed by atoms with E-state index in [1.54, 1.807) is 13.8 Å². The van der Waals surface area contributed by atoms with Crippen molar-refractivity contribution in [1.82, 2.24) is 5.32 Å². The van der Waals surface area contributed by atoms with Crippen LogP contribution in [0.4, 0.5) is 8.78 Å². The van der Waals surface area contributed by atoms with Crippen molar-refractivity contribution >= 4 is 11.9 Å². The van der Waals surface area contributed by atoms with Gasteiger partial charge in [-0.05, 0) is 50.2 Å². The average molecular weight is 349 g/mol. The Balaban J connectivity index is 1.93. The Morgan fingerprint density at radius 2 is 1.64 bits per heavy atom. The molecule has 0 aliphatic carbocycles. The number of rotatable bonds is 6. The molecule has 2 aromatic carbocycles. The zero-order valence-corrected chi connectivity index (χ0v) is 13.7. The van der Waals surface area contributed by atoms with Crippen molar-refractivity contribution < 1.29 is 27.8 Å². The molecule has 0 spiro atoms. The van der Waals surface area contributed by atoms with Crippen molar-refractivity contribution in [2.75, 3.05) is 6.54 Å². The van der Waals surface area contributed by atoms with Crippen LogP contribution in [0.5, 0.6) is 11.5 Å². The van der Waals surface area contributed by atoms with Gasteiger partial charge in [0.25, 0.3) is 5.91 Å². The summed E-state index contributed by atoms with van der Waals surface area (Å²) in [5.74, 6) is -2.46. The second-order valence-electron chi connectivity index (χ2n) is 5.42. The lowest BCUT2D eigenvalue weighted by molar-refractivity contribution is -0.146. The van der Waals surface area contributed by atoms with Crippen LogP contribution in [0.25, 0.3) is 0 Å². The minimum absolute atomic E-state index is 0.132. The third kappa shape index (κ3) is 5.56. The summed E-state index contributed by atoms with van der Waals surface area (Å²) in [4.78, 5) is 23.3. The van der Waals surface area contributed by atoms with Crippen LogP contribution in [0.1, 0.15) is 24.2 Å². The molecule has 0 atom stereocenters. The highest BCUT2D eigenvalue weighted by Crippen LogP contribution is 2.23. The van der Waals surface area contributed by atoms with Crippen molar-refractivity contribution in [1.29, 1.82) is 0 Å². The zero-order valence-electron chi connectivity index (χ0n) is 13.7. The number of ether oxygens (including phenoxy) is 2. The van der Waals surface area contributed by atoms with Gasteiger partial charge in [-0.15, -0.1) is 0 Å². The summed E-state index contributed by atoms with van der Waals surface area (Å²) in [5, 5.41) is 2.44. The van der Waals surface area contributed by atoms with Gasteiger partial charge in [0.2, 0.25) is 0 Å². The molecule has 0 saturated carbocycles. The molecule has 0 aliphatic heterocycles. The zero-order chi connectivity index (χ0) is 18.4. The minimum Gasteiger partial charge on any atom is -0.462 e. The fourth-order valence-corrected chi connectivity index (χ4v) is 1.91. The molecule has 25 heavy (non-hydrogen) atoms. The molecular weight excluding hydrogens is 332 g/mol. The van der Waals surface area contributed by atoms with E-state index in [1.807, 2.05) is 0 Å². The number of amides is 1. The summed E-state index contributed by atoms with van der Waals surface area (Å²) in [7, 11) is 0. The summed E-state index contributed by atoms with van der Waals surface area (Å²) in [6.07, 6.45) is -0.253. The van der Waals surface area contributed by atoms with Gasteiger partial charge in [-0.3, -0.25) is 9.59 Å². The molecule has 0 aromatic heterocycles. The number of carbonyl (C=O) groups is 2. The molecule has 0 aliphatic rings. The van der Waals surface area contributed by atoms with Gasteiger partial charge in [0.1, 0.15) is 18.0 Å². The summed E-state index contributed by atoms with van der Waals surface area (Å²) < 4.78 is 36.3. The van der Waals surface area contributed by atoms with Crippen molar-refractivity contribution in [3.8, 4) is 11.5 Å². The minimum atomic E-state index is -1.01. The maximum Gasteiger partial charge on any atom is 0.325 e. The predicted molar refractivity (Wildman–Crippen MR) is 86.4 cm³/mol. The van der Waals surface area contributed by atoms with E-state index >= 15 is 0 Å². The maximum atomic E-state index is 13.1. The number of halogens is 2. The quantitative estimate of drug-likeness (QED) is 0.812. The molecule has 0 saturated heterocycles. The fourth-order valence-electron chi connectivity index (χ4n) is 1.91. The van der Waals surface area contributed by atoms with Crippen molar-refractivity contribution in [2.45, 2.75) is 20.0 Å².